The van der Waals surface area contributed by atoms with E-state index in [1.165, 1.54) is 0 Å². The van der Waals surface area contributed by atoms with Gasteiger partial charge in [0, 0.05) is 37.6 Å². The third-order valence-electron chi connectivity index (χ3n) is 4.95. The van der Waals surface area contributed by atoms with Gasteiger partial charge >= 0.3 is 0 Å². The summed E-state index contributed by atoms with van der Waals surface area (Å²) in [5.41, 5.74) is 0.638. The lowest BCUT2D eigenvalue weighted by molar-refractivity contribution is -0.129. The Morgan fingerprint density at radius 1 is 1.00 bits per heavy atom. The first-order valence-corrected chi connectivity index (χ1v) is 10.4. The van der Waals surface area contributed by atoms with Crippen molar-refractivity contribution in [3.05, 3.63) is 53.0 Å². The fourth-order valence-electron chi connectivity index (χ4n) is 3.23. The van der Waals surface area contributed by atoms with Gasteiger partial charge in [-0.05, 0) is 50.2 Å². The lowest BCUT2D eigenvalue weighted by Gasteiger charge is -2.36. The lowest BCUT2D eigenvalue weighted by atomic mass is 10.1. The second-order valence-electron chi connectivity index (χ2n) is 7.53. The van der Waals surface area contributed by atoms with Crippen LogP contribution in [0.4, 0.5) is 11.4 Å². The lowest BCUT2D eigenvalue weighted by Crippen LogP contribution is -2.48. The molecule has 1 heterocycles. The minimum Gasteiger partial charge on any atom is -0.478 e. The van der Waals surface area contributed by atoms with Gasteiger partial charge in [0.25, 0.3) is 5.91 Å². The molecule has 0 radical (unpaired) electrons. The molecule has 0 spiro atoms. The molecule has 6 nitrogen and oxygen atoms in total. The molecule has 1 N–H and O–H groups in total. The molecule has 1 aliphatic rings. The van der Waals surface area contributed by atoms with Crippen LogP contribution < -0.4 is 15.0 Å². The standard InChI is InChI=1S/C22H26BrN3O3/c1-16(27)25-12-14-26(15-13-25)20-7-5-4-6-19(20)24-21(28)22(2,3)29-18-10-8-17(23)9-11-18/h4-11H,12-15H2,1-3H3,(H,24,28). The zero-order chi connectivity index (χ0) is 21.0. The summed E-state index contributed by atoms with van der Waals surface area (Å²) < 4.78 is 6.88. The Bertz CT molecular complexity index is 875. The number of hydrogen-bond acceptors (Lipinski definition) is 4. The van der Waals surface area contributed by atoms with E-state index in [4.69, 9.17) is 4.74 Å². The van der Waals surface area contributed by atoms with Crippen molar-refractivity contribution in [3.8, 4) is 5.75 Å². The van der Waals surface area contributed by atoms with Gasteiger partial charge in [-0.15, -0.1) is 0 Å². The van der Waals surface area contributed by atoms with E-state index in [0.29, 0.717) is 18.8 Å². The Kier molecular flexibility index (Phi) is 6.47. The van der Waals surface area contributed by atoms with Crippen LogP contribution in [0.15, 0.2) is 53.0 Å². The molecule has 0 aliphatic carbocycles. The molecule has 154 valence electrons. The number of halogens is 1. The smallest absolute Gasteiger partial charge is 0.268 e. The second kappa shape index (κ2) is 8.86. The maximum absolute atomic E-state index is 13.0. The molecule has 2 aromatic carbocycles. The normalized spacial score (nSPS) is 14.5. The number of nitrogens with zero attached hydrogens (tertiary/aromatic N) is 2. The van der Waals surface area contributed by atoms with Gasteiger partial charge in [-0.3, -0.25) is 9.59 Å². The predicted molar refractivity (Wildman–Crippen MR) is 118 cm³/mol. The van der Waals surface area contributed by atoms with Crippen LogP contribution in [-0.4, -0.2) is 48.5 Å². The number of anilines is 2. The summed E-state index contributed by atoms with van der Waals surface area (Å²) in [6.07, 6.45) is 0. The molecule has 0 bridgehead atoms. The number of carbonyl (C=O) groups is 2. The number of hydrogen-bond donors (Lipinski definition) is 1. The first-order valence-electron chi connectivity index (χ1n) is 9.62. The summed E-state index contributed by atoms with van der Waals surface area (Å²) in [5.74, 6) is 0.496. The molecule has 2 amide bonds. The predicted octanol–water partition coefficient (Wildman–Crippen LogP) is 3.91. The van der Waals surface area contributed by atoms with Gasteiger partial charge in [-0.1, -0.05) is 28.1 Å². The van der Waals surface area contributed by atoms with Crippen LogP contribution in [0.3, 0.4) is 0 Å². The number of ether oxygens (including phenoxy) is 1. The number of nitrogens with one attached hydrogen (secondary N) is 1. The van der Waals surface area contributed by atoms with Gasteiger partial charge in [0.1, 0.15) is 5.75 Å². The fourth-order valence-corrected chi connectivity index (χ4v) is 3.50. The molecule has 2 aromatic rings. The monoisotopic (exact) mass is 459 g/mol. The molecular formula is C22H26BrN3O3. The Hall–Kier alpha value is -2.54. The maximum Gasteiger partial charge on any atom is 0.268 e. The maximum atomic E-state index is 13.0. The quantitative estimate of drug-likeness (QED) is 0.735. The number of rotatable bonds is 5. The van der Waals surface area contributed by atoms with Crippen molar-refractivity contribution in [2.45, 2.75) is 26.4 Å². The van der Waals surface area contributed by atoms with Crippen molar-refractivity contribution in [3.63, 3.8) is 0 Å². The first-order chi connectivity index (χ1) is 13.8. The number of piperazine rings is 1. The molecule has 7 heteroatoms. The Labute approximate surface area is 180 Å². The summed E-state index contributed by atoms with van der Waals surface area (Å²) in [7, 11) is 0. The van der Waals surface area contributed by atoms with Gasteiger partial charge in [-0.25, -0.2) is 0 Å². The van der Waals surface area contributed by atoms with Crippen molar-refractivity contribution >= 4 is 39.1 Å². The van der Waals surface area contributed by atoms with Crippen LogP contribution in [0.1, 0.15) is 20.8 Å². The van der Waals surface area contributed by atoms with Gasteiger partial charge in [-0.2, -0.15) is 0 Å². The molecule has 1 fully saturated rings. The van der Waals surface area contributed by atoms with Crippen LogP contribution in [0, 0.1) is 0 Å². The van der Waals surface area contributed by atoms with Crippen molar-refractivity contribution in [2.75, 3.05) is 36.4 Å². The fraction of sp³-hybridized carbons (Fsp3) is 0.364. The number of amides is 2. The van der Waals surface area contributed by atoms with Crippen molar-refractivity contribution in [1.82, 2.24) is 4.90 Å². The van der Waals surface area contributed by atoms with E-state index in [0.717, 1.165) is 28.9 Å². The van der Waals surface area contributed by atoms with Crippen LogP contribution in [0.2, 0.25) is 0 Å². The van der Waals surface area contributed by atoms with Crippen LogP contribution in [-0.2, 0) is 9.59 Å². The minimum atomic E-state index is -1.05. The molecular weight excluding hydrogens is 434 g/mol. The number of benzene rings is 2. The summed E-state index contributed by atoms with van der Waals surface area (Å²) in [4.78, 5) is 28.6. The van der Waals surface area contributed by atoms with E-state index in [1.807, 2.05) is 53.4 Å². The molecule has 29 heavy (non-hydrogen) atoms. The summed E-state index contributed by atoms with van der Waals surface area (Å²) in [5, 5.41) is 3.02. The van der Waals surface area contributed by atoms with Gasteiger partial charge in [0.05, 0.1) is 11.4 Å². The van der Waals surface area contributed by atoms with Gasteiger partial charge < -0.3 is 19.9 Å². The van der Waals surface area contributed by atoms with E-state index in [-0.39, 0.29) is 11.8 Å². The van der Waals surface area contributed by atoms with E-state index < -0.39 is 5.60 Å². The highest BCUT2D eigenvalue weighted by Crippen LogP contribution is 2.28. The highest BCUT2D eigenvalue weighted by Gasteiger charge is 2.31. The molecule has 0 saturated carbocycles. The van der Waals surface area contributed by atoms with E-state index >= 15 is 0 Å². The average Bonchev–Trinajstić information content (AvgIpc) is 2.70. The Morgan fingerprint density at radius 2 is 1.62 bits per heavy atom. The average molecular weight is 460 g/mol. The van der Waals surface area contributed by atoms with Crippen LogP contribution in [0.5, 0.6) is 5.75 Å². The molecule has 3 rings (SSSR count). The third kappa shape index (κ3) is 5.29. The molecule has 0 aromatic heterocycles. The van der Waals surface area contributed by atoms with E-state index in [2.05, 4.69) is 26.1 Å². The molecule has 1 aliphatic heterocycles. The number of carbonyl (C=O) groups excluding carboxylic acids is 2. The largest absolute Gasteiger partial charge is 0.478 e. The zero-order valence-corrected chi connectivity index (χ0v) is 18.5. The van der Waals surface area contributed by atoms with Crippen molar-refractivity contribution in [1.29, 1.82) is 0 Å². The van der Waals surface area contributed by atoms with E-state index in [1.54, 1.807) is 20.8 Å². The molecule has 0 unspecified atom stereocenters. The van der Waals surface area contributed by atoms with Gasteiger partial charge in [0.2, 0.25) is 5.91 Å². The highest BCUT2D eigenvalue weighted by atomic mass is 79.9. The van der Waals surface area contributed by atoms with Crippen LogP contribution >= 0.6 is 15.9 Å². The SMILES string of the molecule is CC(=O)N1CCN(c2ccccc2NC(=O)C(C)(C)Oc2ccc(Br)cc2)CC1. The first kappa shape index (κ1) is 21.2. The highest BCUT2D eigenvalue weighted by molar-refractivity contribution is 9.10. The topological polar surface area (TPSA) is 61.9 Å². The van der Waals surface area contributed by atoms with E-state index in [9.17, 15) is 9.59 Å². The second-order valence-corrected chi connectivity index (χ2v) is 8.45. The summed E-state index contributed by atoms with van der Waals surface area (Å²) in [6.45, 7) is 7.90. The van der Waals surface area contributed by atoms with Crippen molar-refractivity contribution < 1.29 is 14.3 Å². The Morgan fingerprint density at radius 3 is 2.24 bits per heavy atom. The number of para-hydroxylation sites is 2. The summed E-state index contributed by atoms with van der Waals surface area (Å²) >= 11 is 3.39. The minimum absolute atomic E-state index is 0.0954. The van der Waals surface area contributed by atoms with Crippen LogP contribution in [0.25, 0.3) is 0 Å². The van der Waals surface area contributed by atoms with Gasteiger partial charge in [0.15, 0.2) is 5.60 Å². The third-order valence-corrected chi connectivity index (χ3v) is 5.48. The Balaban J connectivity index is 1.70. The summed E-state index contributed by atoms with van der Waals surface area (Å²) in [6, 6.07) is 15.1. The molecule has 1 saturated heterocycles. The zero-order valence-electron chi connectivity index (χ0n) is 16.9. The molecule has 0 atom stereocenters. The van der Waals surface area contributed by atoms with Crippen molar-refractivity contribution in [2.24, 2.45) is 0 Å².